The Kier molecular flexibility index (Phi) is 8.48. The molecule has 3 aromatic rings. The molecular formula is C25H28F2N4O4Si. The van der Waals surface area contributed by atoms with E-state index in [0.29, 0.717) is 12.2 Å². The zero-order valence-electron chi connectivity index (χ0n) is 20.5. The van der Waals surface area contributed by atoms with Gasteiger partial charge in [-0.2, -0.15) is 0 Å². The number of carbonyl (C=O) groups is 2. The van der Waals surface area contributed by atoms with E-state index in [0.717, 1.165) is 22.3 Å². The molecule has 3 rings (SSSR count). The fraction of sp³-hybridized carbons (Fsp3) is 0.280. The number of hydrogen-bond donors (Lipinski definition) is 2. The summed E-state index contributed by atoms with van der Waals surface area (Å²) in [6.07, 6.45) is 2.52. The van der Waals surface area contributed by atoms with Gasteiger partial charge >= 0.3 is 0 Å². The molecule has 0 aliphatic rings. The number of benzene rings is 2. The quantitative estimate of drug-likeness (QED) is 0.428. The van der Waals surface area contributed by atoms with Gasteiger partial charge in [0.1, 0.15) is 24.2 Å². The van der Waals surface area contributed by atoms with Crippen LogP contribution in [0.1, 0.15) is 17.2 Å². The maximum Gasteiger partial charge on any atom is 0.253 e. The summed E-state index contributed by atoms with van der Waals surface area (Å²) in [5, 5.41) is 5.14. The Hall–Kier alpha value is -3.70. The highest BCUT2D eigenvalue weighted by Crippen LogP contribution is 2.20. The van der Waals surface area contributed by atoms with Crippen LogP contribution in [0.3, 0.4) is 0 Å². The van der Waals surface area contributed by atoms with Gasteiger partial charge in [-0.15, -0.1) is 0 Å². The molecular weight excluding hydrogens is 486 g/mol. The summed E-state index contributed by atoms with van der Waals surface area (Å²) >= 11 is 0. The summed E-state index contributed by atoms with van der Waals surface area (Å²) in [4.78, 5) is 41.7. The van der Waals surface area contributed by atoms with E-state index in [4.69, 9.17) is 4.74 Å². The minimum Gasteiger partial charge on any atom is -0.380 e. The number of anilines is 1. The monoisotopic (exact) mass is 514 g/mol. The highest BCUT2D eigenvalue weighted by molar-refractivity contribution is 6.88. The van der Waals surface area contributed by atoms with Crippen LogP contribution in [-0.2, 0) is 27.5 Å². The van der Waals surface area contributed by atoms with Crippen molar-refractivity contribution < 1.29 is 23.1 Å². The molecule has 1 aromatic heterocycles. The fourth-order valence-electron chi connectivity index (χ4n) is 3.71. The third-order valence-electron chi connectivity index (χ3n) is 5.36. The Bertz CT molecular complexity index is 1280. The Morgan fingerprint density at radius 2 is 1.72 bits per heavy atom. The van der Waals surface area contributed by atoms with Crippen molar-refractivity contribution in [2.75, 3.05) is 12.4 Å². The first-order valence-corrected chi connectivity index (χ1v) is 14.7. The summed E-state index contributed by atoms with van der Waals surface area (Å²) in [6, 6.07) is 8.91. The molecule has 2 amide bonds. The number of carbonyl (C=O) groups excluding carboxylic acids is 2. The average molecular weight is 515 g/mol. The van der Waals surface area contributed by atoms with Gasteiger partial charge in [-0.05, 0) is 23.3 Å². The molecule has 2 aromatic carbocycles. The molecule has 1 heterocycles. The van der Waals surface area contributed by atoms with Gasteiger partial charge in [0, 0.05) is 30.2 Å². The first-order valence-electron chi connectivity index (χ1n) is 11.2. The number of nitrogens with zero attached hydrogens (tertiary/aromatic N) is 2. The maximum atomic E-state index is 14.7. The largest absolute Gasteiger partial charge is 0.380 e. The maximum absolute atomic E-state index is 14.7. The Balaban J connectivity index is 1.88. The number of halogens is 2. The highest BCUT2D eigenvalue weighted by Gasteiger charge is 2.27. The van der Waals surface area contributed by atoms with Crippen molar-refractivity contribution in [2.24, 2.45) is 0 Å². The second kappa shape index (κ2) is 11.4. The first kappa shape index (κ1) is 26.9. The van der Waals surface area contributed by atoms with Gasteiger partial charge in [0.15, 0.2) is 0 Å². The van der Waals surface area contributed by atoms with Crippen molar-refractivity contribution in [1.82, 2.24) is 14.9 Å². The zero-order valence-corrected chi connectivity index (χ0v) is 21.5. The van der Waals surface area contributed by atoms with Crippen molar-refractivity contribution in [1.29, 1.82) is 0 Å². The second-order valence-corrected chi connectivity index (χ2v) is 14.3. The molecule has 0 aliphatic heterocycles. The van der Waals surface area contributed by atoms with E-state index in [1.54, 1.807) is 31.4 Å². The van der Waals surface area contributed by atoms with Crippen molar-refractivity contribution in [3.8, 4) is 0 Å². The second-order valence-electron chi connectivity index (χ2n) is 9.28. The van der Waals surface area contributed by atoms with Gasteiger partial charge in [-0.1, -0.05) is 43.9 Å². The summed E-state index contributed by atoms with van der Waals surface area (Å²) in [7, 11) is -0.747. The van der Waals surface area contributed by atoms with Gasteiger partial charge in [-0.25, -0.2) is 13.8 Å². The number of ether oxygens (including phenoxy) is 1. The van der Waals surface area contributed by atoms with Crippen molar-refractivity contribution in [2.45, 2.75) is 38.8 Å². The van der Waals surface area contributed by atoms with Crippen molar-refractivity contribution in [3.05, 3.63) is 88.1 Å². The van der Waals surface area contributed by atoms with E-state index in [1.165, 1.54) is 18.6 Å². The lowest BCUT2D eigenvalue weighted by atomic mass is 10.0. The Labute approximate surface area is 208 Å². The SMILES string of the molecule is COCc1ccc(C(NC(=O)Cn2cnccc2=O)C(=O)Nc2cc(F)c([Si](C)(C)C)c(F)c2)cc1. The third-order valence-corrected chi connectivity index (χ3v) is 7.34. The number of aromatic nitrogens is 2. The lowest BCUT2D eigenvalue weighted by molar-refractivity contribution is -0.127. The minimum absolute atomic E-state index is 0.0426. The molecule has 190 valence electrons. The van der Waals surface area contributed by atoms with Gasteiger partial charge in [0.05, 0.1) is 21.0 Å². The molecule has 0 aliphatic carbocycles. The summed E-state index contributed by atoms with van der Waals surface area (Å²) < 4.78 is 35.6. The molecule has 0 radical (unpaired) electrons. The molecule has 0 fully saturated rings. The van der Waals surface area contributed by atoms with Gasteiger partial charge in [0.25, 0.3) is 11.5 Å². The molecule has 1 atom stereocenters. The fourth-order valence-corrected chi connectivity index (χ4v) is 5.29. The lowest BCUT2D eigenvalue weighted by Crippen LogP contribution is -2.43. The predicted molar refractivity (Wildman–Crippen MR) is 135 cm³/mol. The molecule has 8 nitrogen and oxygen atoms in total. The van der Waals surface area contributed by atoms with E-state index in [1.807, 2.05) is 19.6 Å². The summed E-state index contributed by atoms with van der Waals surface area (Å²) in [5.41, 5.74) is 0.771. The molecule has 0 spiro atoms. The Morgan fingerprint density at radius 3 is 2.28 bits per heavy atom. The lowest BCUT2D eigenvalue weighted by Gasteiger charge is -2.21. The van der Waals surface area contributed by atoms with Crippen molar-refractivity contribution in [3.63, 3.8) is 0 Å². The smallest absolute Gasteiger partial charge is 0.253 e. The van der Waals surface area contributed by atoms with Crippen LogP contribution in [0.5, 0.6) is 0 Å². The minimum atomic E-state index is -2.30. The summed E-state index contributed by atoms with van der Waals surface area (Å²) in [6.45, 7) is 5.44. The van der Waals surface area contributed by atoms with Crippen LogP contribution in [-0.4, -0.2) is 36.5 Å². The van der Waals surface area contributed by atoms with Crippen LogP contribution in [0.2, 0.25) is 19.6 Å². The number of methoxy groups -OCH3 is 1. The van der Waals surface area contributed by atoms with E-state index < -0.39 is 43.1 Å². The Morgan fingerprint density at radius 1 is 1.08 bits per heavy atom. The van der Waals surface area contributed by atoms with Crippen LogP contribution < -0.4 is 21.4 Å². The molecule has 2 N–H and O–H groups in total. The molecule has 0 bridgehead atoms. The van der Waals surface area contributed by atoms with Gasteiger partial charge < -0.3 is 15.4 Å². The van der Waals surface area contributed by atoms with Crippen LogP contribution in [0.25, 0.3) is 0 Å². The molecule has 0 saturated heterocycles. The molecule has 11 heteroatoms. The normalized spacial score (nSPS) is 12.2. The van der Waals surface area contributed by atoms with E-state index in [-0.39, 0.29) is 17.4 Å². The topological polar surface area (TPSA) is 102 Å². The number of nitrogens with one attached hydrogen (secondary N) is 2. The van der Waals surface area contributed by atoms with Crippen LogP contribution in [0, 0.1) is 11.6 Å². The van der Waals surface area contributed by atoms with Crippen LogP contribution in [0.15, 0.2) is 59.8 Å². The van der Waals surface area contributed by atoms with E-state index in [2.05, 4.69) is 15.6 Å². The number of hydrogen-bond acceptors (Lipinski definition) is 5. The molecule has 36 heavy (non-hydrogen) atoms. The number of amides is 2. The van der Waals surface area contributed by atoms with Crippen LogP contribution >= 0.6 is 0 Å². The van der Waals surface area contributed by atoms with E-state index >= 15 is 0 Å². The van der Waals surface area contributed by atoms with Crippen molar-refractivity contribution >= 4 is 30.8 Å². The molecule has 0 saturated carbocycles. The standard InChI is InChI=1S/C25H28F2N4O4Si/c1-35-14-16-5-7-17(8-6-16)23(30-21(32)13-31-15-28-10-9-22(31)33)25(34)29-18-11-19(26)24(20(27)12-18)36(2,3)4/h5-12,15,23H,13-14H2,1-4H3,(H,29,34)(H,30,32). The molecule has 1 unspecified atom stereocenters. The predicted octanol–water partition coefficient (Wildman–Crippen LogP) is 2.71. The zero-order chi connectivity index (χ0) is 26.5. The highest BCUT2D eigenvalue weighted by atomic mass is 28.3. The third kappa shape index (κ3) is 6.70. The number of rotatable bonds is 9. The first-order chi connectivity index (χ1) is 17.0. The van der Waals surface area contributed by atoms with Crippen LogP contribution in [0.4, 0.5) is 14.5 Å². The van der Waals surface area contributed by atoms with Gasteiger partial charge in [0.2, 0.25) is 5.91 Å². The van der Waals surface area contributed by atoms with E-state index in [9.17, 15) is 23.2 Å². The van der Waals surface area contributed by atoms with Gasteiger partial charge in [-0.3, -0.25) is 19.0 Å². The average Bonchev–Trinajstić information content (AvgIpc) is 2.78. The summed E-state index contributed by atoms with van der Waals surface area (Å²) in [5.74, 6) is -2.80.